The third-order valence-corrected chi connectivity index (χ3v) is 4.12. The van der Waals surface area contributed by atoms with Crippen molar-refractivity contribution in [3.8, 4) is 0 Å². The van der Waals surface area contributed by atoms with E-state index in [1.54, 1.807) is 12.1 Å². The quantitative estimate of drug-likeness (QED) is 0.543. The number of thiophene rings is 1. The second-order valence-corrected chi connectivity index (χ2v) is 5.68. The standard InChI is InChI=1S/C13H20ClNO2S/c1-4-15(8-9-17-5-2)10(3)13(16)11-6-7-12(14)18-11/h6-7,10H,4-5,8-9H2,1-3H3. The number of likely N-dealkylation sites (N-methyl/N-ethyl adjacent to an activating group) is 1. The number of halogens is 1. The fraction of sp³-hybridized carbons (Fsp3) is 0.615. The van der Waals surface area contributed by atoms with Gasteiger partial charge in [-0.25, -0.2) is 0 Å². The molecule has 0 aliphatic carbocycles. The lowest BCUT2D eigenvalue weighted by Gasteiger charge is -2.26. The summed E-state index contributed by atoms with van der Waals surface area (Å²) in [6, 6.07) is 3.43. The average Bonchev–Trinajstić information content (AvgIpc) is 2.80. The van der Waals surface area contributed by atoms with Crippen LogP contribution in [0.25, 0.3) is 0 Å². The van der Waals surface area contributed by atoms with E-state index in [0.717, 1.165) is 18.0 Å². The largest absolute Gasteiger partial charge is 0.380 e. The van der Waals surface area contributed by atoms with Crippen LogP contribution in [0.2, 0.25) is 4.34 Å². The molecule has 18 heavy (non-hydrogen) atoms. The first-order valence-corrected chi connectivity index (χ1v) is 7.40. The molecule has 1 rings (SSSR count). The van der Waals surface area contributed by atoms with E-state index in [4.69, 9.17) is 16.3 Å². The second kappa shape index (κ2) is 7.89. The Morgan fingerprint density at radius 3 is 2.72 bits per heavy atom. The maximum atomic E-state index is 12.3. The van der Waals surface area contributed by atoms with Gasteiger partial charge in [0.25, 0.3) is 0 Å². The first kappa shape index (κ1) is 15.6. The topological polar surface area (TPSA) is 29.5 Å². The highest BCUT2D eigenvalue weighted by Gasteiger charge is 2.22. The van der Waals surface area contributed by atoms with Crippen LogP contribution in [0.1, 0.15) is 30.4 Å². The van der Waals surface area contributed by atoms with Gasteiger partial charge in [0.05, 0.1) is 21.9 Å². The van der Waals surface area contributed by atoms with E-state index in [1.165, 1.54) is 11.3 Å². The molecule has 0 saturated carbocycles. The van der Waals surface area contributed by atoms with Gasteiger partial charge in [-0.05, 0) is 32.5 Å². The highest BCUT2D eigenvalue weighted by atomic mass is 35.5. The SMILES string of the molecule is CCOCCN(CC)C(C)C(=O)c1ccc(Cl)s1. The van der Waals surface area contributed by atoms with Crippen molar-refractivity contribution in [1.82, 2.24) is 4.90 Å². The summed E-state index contributed by atoms with van der Waals surface area (Å²) in [5.41, 5.74) is 0. The lowest BCUT2D eigenvalue weighted by molar-refractivity contribution is 0.0744. The third-order valence-electron chi connectivity index (χ3n) is 2.88. The Hall–Kier alpha value is -0.420. The number of hydrogen-bond acceptors (Lipinski definition) is 4. The molecule has 0 saturated heterocycles. The lowest BCUT2D eigenvalue weighted by atomic mass is 10.1. The Balaban J connectivity index is 2.59. The van der Waals surface area contributed by atoms with Gasteiger partial charge in [0, 0.05) is 13.2 Å². The Bertz CT molecular complexity index is 381. The summed E-state index contributed by atoms with van der Waals surface area (Å²) in [5, 5.41) is 0. The van der Waals surface area contributed by atoms with Crippen LogP contribution in [-0.2, 0) is 4.74 Å². The normalized spacial score (nSPS) is 12.9. The molecule has 0 N–H and O–H groups in total. The predicted octanol–water partition coefficient (Wildman–Crippen LogP) is 3.33. The van der Waals surface area contributed by atoms with Crippen molar-refractivity contribution in [3.63, 3.8) is 0 Å². The van der Waals surface area contributed by atoms with Crippen molar-refractivity contribution in [2.24, 2.45) is 0 Å². The molecular formula is C13H20ClNO2S. The van der Waals surface area contributed by atoms with Gasteiger partial charge in [-0.15, -0.1) is 11.3 Å². The molecule has 1 atom stereocenters. The van der Waals surface area contributed by atoms with E-state index in [1.807, 2.05) is 13.8 Å². The highest BCUT2D eigenvalue weighted by Crippen LogP contribution is 2.23. The summed E-state index contributed by atoms with van der Waals surface area (Å²) >= 11 is 7.20. The number of Topliss-reactive ketones (excluding diaryl/α,β-unsaturated/α-hetero) is 1. The summed E-state index contributed by atoms with van der Waals surface area (Å²) in [4.78, 5) is 15.1. The Morgan fingerprint density at radius 1 is 1.50 bits per heavy atom. The van der Waals surface area contributed by atoms with Crippen molar-refractivity contribution < 1.29 is 9.53 Å². The van der Waals surface area contributed by atoms with Gasteiger partial charge in [-0.3, -0.25) is 9.69 Å². The first-order valence-electron chi connectivity index (χ1n) is 6.21. The molecule has 0 bridgehead atoms. The van der Waals surface area contributed by atoms with Crippen molar-refractivity contribution in [2.45, 2.75) is 26.8 Å². The molecule has 0 radical (unpaired) electrons. The summed E-state index contributed by atoms with van der Waals surface area (Å²) in [5.74, 6) is 0.130. The molecule has 102 valence electrons. The van der Waals surface area contributed by atoms with Gasteiger partial charge in [0.2, 0.25) is 0 Å². The highest BCUT2D eigenvalue weighted by molar-refractivity contribution is 7.18. The zero-order chi connectivity index (χ0) is 13.5. The van der Waals surface area contributed by atoms with Crippen LogP contribution < -0.4 is 0 Å². The zero-order valence-corrected chi connectivity index (χ0v) is 12.7. The molecule has 0 aromatic carbocycles. The third kappa shape index (κ3) is 4.35. The van der Waals surface area contributed by atoms with E-state index in [2.05, 4.69) is 11.8 Å². The molecule has 1 aromatic heterocycles. The van der Waals surface area contributed by atoms with E-state index < -0.39 is 0 Å². The van der Waals surface area contributed by atoms with Gasteiger partial charge in [-0.2, -0.15) is 0 Å². The lowest BCUT2D eigenvalue weighted by Crippen LogP contribution is -2.40. The molecule has 1 aromatic rings. The van der Waals surface area contributed by atoms with E-state index in [0.29, 0.717) is 17.6 Å². The monoisotopic (exact) mass is 289 g/mol. The van der Waals surface area contributed by atoms with E-state index >= 15 is 0 Å². The number of carbonyl (C=O) groups excluding carboxylic acids is 1. The summed E-state index contributed by atoms with van der Waals surface area (Å²) < 4.78 is 5.99. The Morgan fingerprint density at radius 2 is 2.22 bits per heavy atom. The summed E-state index contributed by atoms with van der Waals surface area (Å²) in [6.07, 6.45) is 0. The number of ketones is 1. The maximum absolute atomic E-state index is 12.3. The van der Waals surface area contributed by atoms with Crippen LogP contribution in [0.5, 0.6) is 0 Å². The van der Waals surface area contributed by atoms with Gasteiger partial charge >= 0.3 is 0 Å². The van der Waals surface area contributed by atoms with Crippen LogP contribution in [0.15, 0.2) is 12.1 Å². The molecule has 1 unspecified atom stereocenters. The minimum atomic E-state index is -0.134. The van der Waals surface area contributed by atoms with Crippen molar-refractivity contribution >= 4 is 28.7 Å². The van der Waals surface area contributed by atoms with Crippen LogP contribution in [0.3, 0.4) is 0 Å². The van der Waals surface area contributed by atoms with Gasteiger partial charge in [0.1, 0.15) is 0 Å². The van der Waals surface area contributed by atoms with Crippen LogP contribution in [-0.4, -0.2) is 43.0 Å². The van der Waals surface area contributed by atoms with Gasteiger partial charge in [0.15, 0.2) is 5.78 Å². The van der Waals surface area contributed by atoms with E-state index in [-0.39, 0.29) is 11.8 Å². The molecule has 1 heterocycles. The van der Waals surface area contributed by atoms with E-state index in [9.17, 15) is 4.79 Å². The molecule has 0 spiro atoms. The zero-order valence-electron chi connectivity index (χ0n) is 11.1. The number of carbonyl (C=O) groups is 1. The fourth-order valence-corrected chi connectivity index (χ4v) is 2.84. The van der Waals surface area contributed by atoms with Crippen LogP contribution in [0, 0.1) is 0 Å². The molecule has 0 aliphatic rings. The van der Waals surface area contributed by atoms with Gasteiger partial charge < -0.3 is 4.74 Å². The number of nitrogens with zero attached hydrogens (tertiary/aromatic N) is 1. The van der Waals surface area contributed by atoms with Crippen LogP contribution in [0.4, 0.5) is 0 Å². The predicted molar refractivity (Wildman–Crippen MR) is 76.9 cm³/mol. The fourth-order valence-electron chi connectivity index (χ4n) is 1.77. The average molecular weight is 290 g/mol. The summed E-state index contributed by atoms with van der Waals surface area (Å²) in [6.45, 7) is 8.93. The Kier molecular flexibility index (Phi) is 6.86. The number of rotatable bonds is 8. The maximum Gasteiger partial charge on any atom is 0.189 e. The molecule has 3 nitrogen and oxygen atoms in total. The smallest absolute Gasteiger partial charge is 0.189 e. The number of hydrogen-bond donors (Lipinski definition) is 0. The molecule has 5 heteroatoms. The van der Waals surface area contributed by atoms with Crippen LogP contribution >= 0.6 is 22.9 Å². The molecule has 0 amide bonds. The minimum Gasteiger partial charge on any atom is -0.380 e. The van der Waals surface area contributed by atoms with Crippen molar-refractivity contribution in [1.29, 1.82) is 0 Å². The minimum absolute atomic E-state index is 0.130. The Labute approximate surface area is 118 Å². The van der Waals surface area contributed by atoms with Crippen molar-refractivity contribution in [3.05, 3.63) is 21.3 Å². The first-order chi connectivity index (χ1) is 8.60. The molecule has 0 fully saturated rings. The molecule has 0 aliphatic heterocycles. The summed E-state index contributed by atoms with van der Waals surface area (Å²) in [7, 11) is 0. The van der Waals surface area contributed by atoms with Crippen molar-refractivity contribution in [2.75, 3.05) is 26.3 Å². The van der Waals surface area contributed by atoms with Gasteiger partial charge in [-0.1, -0.05) is 18.5 Å². The molecular weight excluding hydrogens is 270 g/mol. The second-order valence-electron chi connectivity index (χ2n) is 3.97. The number of ether oxygens (including phenoxy) is 1.